The summed E-state index contributed by atoms with van der Waals surface area (Å²) in [6, 6.07) is 1.18. The van der Waals surface area contributed by atoms with Gasteiger partial charge in [-0.1, -0.05) is 6.42 Å². The van der Waals surface area contributed by atoms with Crippen molar-refractivity contribution in [1.82, 2.24) is 9.80 Å². The molecule has 3 nitrogen and oxygen atoms in total. The molecule has 0 aromatic carbocycles. The predicted octanol–water partition coefficient (Wildman–Crippen LogP) is 1.87. The Morgan fingerprint density at radius 3 is 2.61 bits per heavy atom. The van der Waals surface area contributed by atoms with E-state index in [9.17, 15) is 4.79 Å². The summed E-state index contributed by atoms with van der Waals surface area (Å²) in [6.45, 7) is 3.57. The fourth-order valence-electron chi connectivity index (χ4n) is 5.04. The molecule has 0 aliphatic carbocycles. The zero-order valence-electron chi connectivity index (χ0n) is 11.2. The van der Waals surface area contributed by atoms with E-state index in [2.05, 4.69) is 9.80 Å². The van der Waals surface area contributed by atoms with E-state index >= 15 is 0 Å². The molecule has 4 rings (SSSR count). The second kappa shape index (κ2) is 4.22. The number of nitrogens with zero attached hydrogens (tertiary/aromatic N) is 2. The van der Waals surface area contributed by atoms with Gasteiger partial charge in [-0.15, -0.1) is 0 Å². The lowest BCUT2D eigenvalue weighted by atomic mass is 9.70. The van der Waals surface area contributed by atoms with Gasteiger partial charge in [0.25, 0.3) is 0 Å². The minimum Gasteiger partial charge on any atom is -0.339 e. The summed E-state index contributed by atoms with van der Waals surface area (Å²) in [4.78, 5) is 17.7. The van der Waals surface area contributed by atoms with Gasteiger partial charge < -0.3 is 4.90 Å². The van der Waals surface area contributed by atoms with Crippen LogP contribution >= 0.6 is 0 Å². The summed E-state index contributed by atoms with van der Waals surface area (Å²) in [6.07, 6.45) is 8.97. The Bertz CT molecular complexity index is 354. The van der Waals surface area contributed by atoms with Crippen molar-refractivity contribution in [2.24, 2.45) is 11.8 Å². The number of carbonyl (C=O) groups is 1. The first-order valence-electron chi connectivity index (χ1n) is 7.89. The van der Waals surface area contributed by atoms with Crippen LogP contribution in [0.2, 0.25) is 0 Å². The van der Waals surface area contributed by atoms with E-state index in [4.69, 9.17) is 0 Å². The fourth-order valence-corrected chi connectivity index (χ4v) is 5.04. The maximum absolute atomic E-state index is 12.7. The van der Waals surface area contributed by atoms with Gasteiger partial charge in [-0.2, -0.15) is 0 Å². The molecule has 4 fully saturated rings. The average Bonchev–Trinajstić information content (AvgIpc) is 2.44. The third-order valence-corrected chi connectivity index (χ3v) is 5.85. The lowest BCUT2D eigenvalue weighted by Gasteiger charge is -2.56. The number of hydrogen-bond donors (Lipinski definition) is 0. The molecule has 0 unspecified atom stereocenters. The van der Waals surface area contributed by atoms with Crippen LogP contribution in [-0.4, -0.2) is 47.4 Å². The first-order valence-corrected chi connectivity index (χ1v) is 7.89. The first kappa shape index (κ1) is 11.3. The Morgan fingerprint density at radius 1 is 0.944 bits per heavy atom. The van der Waals surface area contributed by atoms with Crippen molar-refractivity contribution in [3.8, 4) is 0 Å². The second-order valence-corrected chi connectivity index (χ2v) is 6.76. The monoisotopic (exact) mass is 248 g/mol. The van der Waals surface area contributed by atoms with Crippen LogP contribution in [0.15, 0.2) is 0 Å². The molecule has 4 aliphatic rings. The van der Waals surface area contributed by atoms with Crippen molar-refractivity contribution in [3.05, 3.63) is 0 Å². The lowest BCUT2D eigenvalue weighted by Crippen LogP contribution is -2.65. The molecule has 3 heteroatoms. The Morgan fingerprint density at radius 2 is 1.72 bits per heavy atom. The van der Waals surface area contributed by atoms with E-state index in [1.807, 2.05) is 0 Å². The normalized spacial score (nSPS) is 44.4. The van der Waals surface area contributed by atoms with Crippen LogP contribution in [-0.2, 0) is 4.79 Å². The quantitative estimate of drug-likeness (QED) is 0.653. The van der Waals surface area contributed by atoms with E-state index in [-0.39, 0.29) is 0 Å². The van der Waals surface area contributed by atoms with Crippen molar-refractivity contribution in [2.75, 3.05) is 19.6 Å². The van der Waals surface area contributed by atoms with Gasteiger partial charge in [0.1, 0.15) is 0 Å². The number of piperidine rings is 4. The topological polar surface area (TPSA) is 23.6 Å². The van der Waals surface area contributed by atoms with Gasteiger partial charge in [-0.05, 0) is 51.0 Å². The maximum Gasteiger partial charge on any atom is 0.227 e. The zero-order valence-corrected chi connectivity index (χ0v) is 11.2. The molecule has 0 aromatic heterocycles. The Kier molecular flexibility index (Phi) is 2.65. The van der Waals surface area contributed by atoms with Gasteiger partial charge in [0.2, 0.25) is 5.91 Å². The Balaban J connectivity index is 1.63. The van der Waals surface area contributed by atoms with Gasteiger partial charge >= 0.3 is 0 Å². The van der Waals surface area contributed by atoms with Crippen LogP contribution in [0.4, 0.5) is 0 Å². The van der Waals surface area contributed by atoms with Gasteiger partial charge in [0.05, 0.1) is 5.92 Å². The molecule has 0 spiro atoms. The summed E-state index contributed by atoms with van der Waals surface area (Å²) in [7, 11) is 0. The maximum atomic E-state index is 12.7. The second-order valence-electron chi connectivity index (χ2n) is 6.76. The highest BCUT2D eigenvalue weighted by atomic mass is 16.2. The molecule has 0 aromatic rings. The van der Waals surface area contributed by atoms with Crippen molar-refractivity contribution in [2.45, 2.75) is 57.0 Å². The first-order chi connectivity index (χ1) is 8.84. The average molecular weight is 248 g/mol. The summed E-state index contributed by atoms with van der Waals surface area (Å²) in [5, 5.41) is 0. The molecule has 4 saturated heterocycles. The molecule has 100 valence electrons. The highest BCUT2D eigenvalue weighted by Gasteiger charge is 2.50. The largest absolute Gasteiger partial charge is 0.339 e. The number of rotatable bonds is 0. The predicted molar refractivity (Wildman–Crippen MR) is 70.2 cm³/mol. The van der Waals surface area contributed by atoms with E-state index in [0.29, 0.717) is 23.9 Å². The van der Waals surface area contributed by atoms with E-state index in [0.717, 1.165) is 12.5 Å². The van der Waals surface area contributed by atoms with E-state index in [1.165, 1.54) is 58.0 Å². The number of fused-ring (bicyclic) bond motifs is 6. The molecule has 18 heavy (non-hydrogen) atoms. The highest BCUT2D eigenvalue weighted by molar-refractivity contribution is 5.81. The third kappa shape index (κ3) is 1.56. The fraction of sp³-hybridized carbons (Fsp3) is 0.933. The van der Waals surface area contributed by atoms with Gasteiger partial charge in [0.15, 0.2) is 0 Å². The number of hydrogen-bond acceptors (Lipinski definition) is 2. The number of amides is 1. The van der Waals surface area contributed by atoms with Gasteiger partial charge in [-0.3, -0.25) is 9.69 Å². The molecule has 4 heterocycles. The minimum absolute atomic E-state index is 0.346. The zero-order chi connectivity index (χ0) is 12.1. The molecule has 1 amide bonds. The molecule has 2 bridgehead atoms. The summed E-state index contributed by atoms with van der Waals surface area (Å²) < 4.78 is 0. The standard InChI is InChI=1S/C15H24N2O/c18-15-12-9-11(13-5-2-4-8-17(13)15)10-16-7-3-1-6-14(12)16/h11-14H,1-10H2/t11-,12+,13-,14-/m0/s1. The van der Waals surface area contributed by atoms with Crippen LogP contribution in [0.25, 0.3) is 0 Å². The van der Waals surface area contributed by atoms with Crippen LogP contribution in [0.3, 0.4) is 0 Å². The smallest absolute Gasteiger partial charge is 0.227 e. The summed E-state index contributed by atoms with van der Waals surface area (Å²) in [5.41, 5.74) is 0. The van der Waals surface area contributed by atoms with Gasteiger partial charge in [0, 0.05) is 25.2 Å². The van der Waals surface area contributed by atoms with Crippen LogP contribution in [0.1, 0.15) is 44.9 Å². The SMILES string of the molecule is O=C1[C@@H]2C[C@@H](CN3CCCC[C@@H]23)[C@@H]2CCCCN12. The minimum atomic E-state index is 0.346. The third-order valence-electron chi connectivity index (χ3n) is 5.85. The number of carbonyl (C=O) groups excluding carboxylic acids is 1. The Labute approximate surface area is 110 Å². The van der Waals surface area contributed by atoms with Crippen molar-refractivity contribution >= 4 is 5.91 Å². The highest BCUT2D eigenvalue weighted by Crippen LogP contribution is 2.43. The van der Waals surface area contributed by atoms with Crippen LogP contribution in [0, 0.1) is 11.8 Å². The summed E-state index contributed by atoms with van der Waals surface area (Å²) in [5.74, 6) is 1.63. The summed E-state index contributed by atoms with van der Waals surface area (Å²) >= 11 is 0. The molecule has 4 aliphatic heterocycles. The van der Waals surface area contributed by atoms with E-state index in [1.54, 1.807) is 0 Å². The molecule has 0 radical (unpaired) electrons. The van der Waals surface area contributed by atoms with E-state index < -0.39 is 0 Å². The molecular weight excluding hydrogens is 224 g/mol. The van der Waals surface area contributed by atoms with Crippen molar-refractivity contribution in [3.63, 3.8) is 0 Å². The molecule has 4 atom stereocenters. The van der Waals surface area contributed by atoms with Crippen LogP contribution < -0.4 is 0 Å². The Hall–Kier alpha value is -0.570. The van der Waals surface area contributed by atoms with Crippen molar-refractivity contribution in [1.29, 1.82) is 0 Å². The molecule has 0 saturated carbocycles. The molecular formula is C15H24N2O. The van der Waals surface area contributed by atoms with Crippen molar-refractivity contribution < 1.29 is 4.79 Å². The lowest BCUT2D eigenvalue weighted by molar-refractivity contribution is -0.158. The van der Waals surface area contributed by atoms with Crippen LogP contribution in [0.5, 0.6) is 0 Å². The molecule has 0 N–H and O–H groups in total. The van der Waals surface area contributed by atoms with Gasteiger partial charge in [-0.25, -0.2) is 0 Å².